The number of carbonyl (C=O) groups is 1. The molecule has 1 amide bonds. The van der Waals surface area contributed by atoms with Gasteiger partial charge in [-0.15, -0.1) is 0 Å². The van der Waals surface area contributed by atoms with Gasteiger partial charge < -0.3 is 5.32 Å². The van der Waals surface area contributed by atoms with E-state index in [9.17, 15) is 4.79 Å². The number of hydrogen-bond donors (Lipinski definition) is 1. The predicted molar refractivity (Wildman–Crippen MR) is 102 cm³/mol. The topological polar surface area (TPSA) is 54.9 Å². The van der Waals surface area contributed by atoms with Gasteiger partial charge in [0.15, 0.2) is 0 Å². The molecule has 1 aliphatic rings. The van der Waals surface area contributed by atoms with E-state index in [-0.39, 0.29) is 11.4 Å². The van der Waals surface area contributed by atoms with Crippen LogP contribution in [0.15, 0.2) is 60.9 Å². The van der Waals surface area contributed by atoms with E-state index in [4.69, 9.17) is 23.2 Å². The van der Waals surface area contributed by atoms with Gasteiger partial charge in [-0.2, -0.15) is 0 Å². The summed E-state index contributed by atoms with van der Waals surface area (Å²) >= 11 is 12.0. The molecule has 1 heterocycles. The van der Waals surface area contributed by atoms with Gasteiger partial charge >= 0.3 is 0 Å². The number of amides is 1. The van der Waals surface area contributed by atoms with E-state index in [0.29, 0.717) is 21.4 Å². The summed E-state index contributed by atoms with van der Waals surface area (Å²) in [7, 11) is 0. The predicted octanol–water partition coefficient (Wildman–Crippen LogP) is 4.87. The smallest absolute Gasteiger partial charge is 0.270 e. The molecule has 130 valence electrons. The number of rotatable bonds is 4. The van der Waals surface area contributed by atoms with Crippen LogP contribution < -0.4 is 5.32 Å². The second kappa shape index (κ2) is 6.71. The van der Waals surface area contributed by atoms with E-state index in [0.717, 1.165) is 24.0 Å². The Hall–Kier alpha value is -2.43. The van der Waals surface area contributed by atoms with Gasteiger partial charge in [0.25, 0.3) is 5.91 Å². The summed E-state index contributed by atoms with van der Waals surface area (Å²) in [6.45, 7) is 0. The van der Waals surface area contributed by atoms with Gasteiger partial charge in [0.05, 0.1) is 21.3 Å². The number of benzene rings is 2. The monoisotopic (exact) mass is 383 g/mol. The SMILES string of the molecule is O=C(NC1(c2ccccc2)CC1)c1cc(-c2ccc(Cl)c(Cl)c2)ncn1. The molecule has 6 heteroatoms. The second-order valence-corrected chi connectivity index (χ2v) is 7.13. The van der Waals surface area contributed by atoms with Crippen LogP contribution in [-0.2, 0) is 5.54 Å². The third-order valence-corrected chi connectivity index (χ3v) is 5.28. The van der Waals surface area contributed by atoms with Crippen molar-refractivity contribution in [2.75, 3.05) is 0 Å². The molecule has 0 unspecified atom stereocenters. The van der Waals surface area contributed by atoms with Crippen molar-refractivity contribution in [2.24, 2.45) is 0 Å². The van der Waals surface area contributed by atoms with Crippen molar-refractivity contribution in [2.45, 2.75) is 18.4 Å². The minimum absolute atomic E-state index is 0.213. The Kier molecular flexibility index (Phi) is 4.39. The average molecular weight is 384 g/mol. The minimum Gasteiger partial charge on any atom is -0.341 e. The largest absolute Gasteiger partial charge is 0.341 e. The highest BCUT2D eigenvalue weighted by atomic mass is 35.5. The lowest BCUT2D eigenvalue weighted by Gasteiger charge is -2.17. The van der Waals surface area contributed by atoms with Crippen LogP contribution in [0.1, 0.15) is 28.9 Å². The van der Waals surface area contributed by atoms with Crippen LogP contribution in [0.25, 0.3) is 11.3 Å². The van der Waals surface area contributed by atoms with Crippen LogP contribution >= 0.6 is 23.2 Å². The third kappa shape index (κ3) is 3.30. The quantitative estimate of drug-likeness (QED) is 0.698. The summed E-state index contributed by atoms with van der Waals surface area (Å²) in [5.74, 6) is -0.213. The van der Waals surface area contributed by atoms with E-state index in [1.807, 2.05) is 36.4 Å². The van der Waals surface area contributed by atoms with Crippen molar-refractivity contribution in [3.63, 3.8) is 0 Å². The van der Waals surface area contributed by atoms with Gasteiger partial charge in [-0.05, 0) is 36.6 Å². The zero-order chi connectivity index (χ0) is 18.1. The first-order chi connectivity index (χ1) is 12.6. The molecule has 0 saturated heterocycles. The first-order valence-electron chi connectivity index (χ1n) is 8.23. The molecule has 0 atom stereocenters. The minimum atomic E-state index is -0.285. The highest BCUT2D eigenvalue weighted by Gasteiger charge is 2.45. The maximum absolute atomic E-state index is 12.7. The number of hydrogen-bond acceptors (Lipinski definition) is 3. The Balaban J connectivity index is 1.58. The molecule has 0 radical (unpaired) electrons. The number of nitrogens with zero attached hydrogens (tertiary/aromatic N) is 2. The average Bonchev–Trinajstić information content (AvgIpc) is 3.45. The molecule has 0 spiro atoms. The highest BCUT2D eigenvalue weighted by Crippen LogP contribution is 2.45. The molecule has 1 N–H and O–H groups in total. The van der Waals surface area contributed by atoms with E-state index in [2.05, 4.69) is 15.3 Å². The molecule has 1 saturated carbocycles. The fraction of sp³-hybridized carbons (Fsp3) is 0.150. The molecule has 0 aliphatic heterocycles. The zero-order valence-electron chi connectivity index (χ0n) is 13.7. The van der Waals surface area contributed by atoms with Crippen LogP contribution in [0, 0.1) is 0 Å². The molecular formula is C20H15Cl2N3O. The Morgan fingerprint density at radius 3 is 2.42 bits per heavy atom. The van der Waals surface area contributed by atoms with Crippen molar-refractivity contribution in [1.29, 1.82) is 0 Å². The zero-order valence-corrected chi connectivity index (χ0v) is 15.3. The number of halogens is 2. The molecule has 0 bridgehead atoms. The lowest BCUT2D eigenvalue weighted by molar-refractivity contribution is 0.0925. The molecule has 26 heavy (non-hydrogen) atoms. The Bertz CT molecular complexity index is 972. The van der Waals surface area contributed by atoms with Crippen LogP contribution in [0.5, 0.6) is 0 Å². The number of nitrogens with one attached hydrogen (secondary N) is 1. The molecule has 1 aromatic heterocycles. The molecule has 4 nitrogen and oxygen atoms in total. The lowest BCUT2D eigenvalue weighted by atomic mass is 10.0. The fourth-order valence-corrected chi connectivity index (χ4v) is 3.24. The van der Waals surface area contributed by atoms with Crippen LogP contribution in [-0.4, -0.2) is 15.9 Å². The maximum atomic E-state index is 12.7. The van der Waals surface area contributed by atoms with Gasteiger partial charge in [-0.25, -0.2) is 9.97 Å². The van der Waals surface area contributed by atoms with Crippen LogP contribution in [0.3, 0.4) is 0 Å². The van der Waals surface area contributed by atoms with Crippen LogP contribution in [0.4, 0.5) is 0 Å². The van der Waals surface area contributed by atoms with Gasteiger partial charge in [-0.3, -0.25) is 4.79 Å². The molecule has 1 fully saturated rings. The van der Waals surface area contributed by atoms with Gasteiger partial charge in [0, 0.05) is 5.56 Å². The van der Waals surface area contributed by atoms with Crippen molar-refractivity contribution >= 4 is 29.1 Å². The molecule has 1 aliphatic carbocycles. The third-order valence-electron chi connectivity index (χ3n) is 4.54. The highest BCUT2D eigenvalue weighted by molar-refractivity contribution is 6.42. The normalized spacial score (nSPS) is 14.7. The van der Waals surface area contributed by atoms with E-state index in [1.165, 1.54) is 6.33 Å². The van der Waals surface area contributed by atoms with E-state index in [1.54, 1.807) is 18.2 Å². The number of carbonyl (C=O) groups excluding carboxylic acids is 1. The summed E-state index contributed by atoms with van der Waals surface area (Å²) in [5.41, 5.74) is 2.55. The maximum Gasteiger partial charge on any atom is 0.270 e. The Morgan fingerprint density at radius 1 is 0.962 bits per heavy atom. The van der Waals surface area contributed by atoms with Crippen LogP contribution in [0.2, 0.25) is 10.0 Å². The summed E-state index contributed by atoms with van der Waals surface area (Å²) < 4.78 is 0. The molecule has 2 aromatic carbocycles. The lowest BCUT2D eigenvalue weighted by Crippen LogP contribution is -2.35. The summed E-state index contributed by atoms with van der Waals surface area (Å²) in [6, 6.07) is 16.9. The molecule has 3 aromatic rings. The van der Waals surface area contributed by atoms with E-state index < -0.39 is 0 Å². The van der Waals surface area contributed by atoms with Crippen molar-refractivity contribution in [3.8, 4) is 11.3 Å². The Morgan fingerprint density at radius 2 is 1.73 bits per heavy atom. The van der Waals surface area contributed by atoms with Gasteiger partial charge in [0.1, 0.15) is 12.0 Å². The standard InChI is InChI=1S/C20H15Cl2N3O/c21-15-7-6-13(10-16(15)22)17-11-18(24-12-23-17)19(26)25-20(8-9-20)14-4-2-1-3-5-14/h1-7,10-12H,8-9H2,(H,25,26). The van der Waals surface area contributed by atoms with Gasteiger partial charge in [0.2, 0.25) is 0 Å². The number of aromatic nitrogens is 2. The van der Waals surface area contributed by atoms with Crippen molar-refractivity contribution in [3.05, 3.63) is 82.2 Å². The first kappa shape index (κ1) is 17.0. The second-order valence-electron chi connectivity index (χ2n) is 6.32. The first-order valence-corrected chi connectivity index (χ1v) is 8.98. The van der Waals surface area contributed by atoms with E-state index >= 15 is 0 Å². The van der Waals surface area contributed by atoms with Crippen molar-refractivity contribution < 1.29 is 4.79 Å². The molecule has 4 rings (SSSR count). The fourth-order valence-electron chi connectivity index (χ4n) is 2.94. The summed E-state index contributed by atoms with van der Waals surface area (Å²) in [5, 5.41) is 4.04. The summed E-state index contributed by atoms with van der Waals surface area (Å²) in [6.07, 6.45) is 3.23. The van der Waals surface area contributed by atoms with Gasteiger partial charge in [-0.1, -0.05) is 59.6 Å². The molecular weight excluding hydrogens is 369 g/mol. The van der Waals surface area contributed by atoms with Crippen molar-refractivity contribution in [1.82, 2.24) is 15.3 Å². The summed E-state index contributed by atoms with van der Waals surface area (Å²) in [4.78, 5) is 21.1. The Labute approximate surface area is 161 Å².